The van der Waals surface area contributed by atoms with Gasteiger partial charge < -0.3 is 33.9 Å². The second kappa shape index (κ2) is 11.3. The highest BCUT2D eigenvalue weighted by Gasteiger charge is 2.91. The fourth-order valence-corrected chi connectivity index (χ4v) is 13.2. The fraction of sp³-hybridized carbons (Fsp3) is 0.757. The maximum Gasteiger partial charge on any atom is 0.340 e. The van der Waals surface area contributed by atoms with E-state index in [0.717, 1.165) is 11.3 Å². The molecule has 7 bridgehead atoms. The van der Waals surface area contributed by atoms with Crippen molar-refractivity contribution in [2.24, 2.45) is 40.4 Å². The van der Waals surface area contributed by atoms with Crippen molar-refractivity contribution in [3.63, 3.8) is 0 Å². The van der Waals surface area contributed by atoms with Crippen molar-refractivity contribution in [2.75, 3.05) is 53.0 Å². The second-order valence-corrected chi connectivity index (χ2v) is 16.0. The third-order valence-corrected chi connectivity index (χ3v) is 14.5. The zero-order chi connectivity index (χ0) is 34.8. The number of aliphatic hydroxyl groups is 2. The van der Waals surface area contributed by atoms with Crippen LogP contribution < -0.4 is 4.90 Å². The number of methoxy groups -OCH3 is 4. The van der Waals surface area contributed by atoms with E-state index in [-0.39, 0.29) is 84.5 Å². The summed E-state index contributed by atoms with van der Waals surface area (Å²) in [4.78, 5) is 43.3. The molecule has 1 aromatic rings. The molecule has 2 aliphatic heterocycles. The van der Waals surface area contributed by atoms with Crippen molar-refractivity contribution in [3.05, 3.63) is 29.8 Å². The Hall–Kier alpha value is -2.45. The molecule has 2 amide bonds. The van der Waals surface area contributed by atoms with Crippen molar-refractivity contribution in [2.45, 2.75) is 87.6 Å². The van der Waals surface area contributed by atoms with E-state index in [2.05, 4.69) is 11.8 Å². The van der Waals surface area contributed by atoms with Gasteiger partial charge in [0.2, 0.25) is 11.8 Å². The average Bonchev–Trinajstić information content (AvgIpc) is 3.63. The molecule has 1 aromatic carbocycles. The van der Waals surface area contributed by atoms with Crippen LogP contribution in [0.2, 0.25) is 0 Å². The molecule has 0 unspecified atom stereocenters. The number of likely N-dealkylation sites (tertiary alicyclic amines) is 1. The van der Waals surface area contributed by atoms with Gasteiger partial charge in [0.25, 0.3) is 0 Å². The predicted octanol–water partition coefficient (Wildman–Crippen LogP) is 2.04. The number of hydrogen-bond donors (Lipinski definition) is 2. The number of fused-ring (bicyclic) bond motifs is 2. The lowest BCUT2D eigenvalue weighted by atomic mass is 9.42. The van der Waals surface area contributed by atoms with Crippen LogP contribution in [0.5, 0.6) is 0 Å². The van der Waals surface area contributed by atoms with Crippen LogP contribution >= 0.6 is 0 Å². The number of hydrogen-bond acceptors (Lipinski definition) is 11. The van der Waals surface area contributed by atoms with Gasteiger partial charge in [0.05, 0.1) is 48.3 Å². The van der Waals surface area contributed by atoms with Gasteiger partial charge in [-0.05, 0) is 43.9 Å². The number of carbonyl (C=O) groups excluding carboxylic acids is 3. The number of ether oxygens (including phenoxy) is 5. The minimum Gasteiger partial charge on any atom is -0.461 e. The molecule has 268 valence electrons. The normalized spacial score (nSPS) is 48.0. The van der Waals surface area contributed by atoms with E-state index in [0.29, 0.717) is 25.9 Å². The first-order valence-electron chi connectivity index (χ1n) is 17.9. The lowest BCUT2D eigenvalue weighted by Gasteiger charge is -2.70. The summed E-state index contributed by atoms with van der Waals surface area (Å²) >= 11 is 0. The summed E-state index contributed by atoms with van der Waals surface area (Å²) < 4.78 is 31.4. The summed E-state index contributed by atoms with van der Waals surface area (Å²) in [6.45, 7) is 4.95. The Morgan fingerprint density at radius 2 is 1.80 bits per heavy atom. The zero-order valence-electron chi connectivity index (χ0n) is 29.3. The van der Waals surface area contributed by atoms with Crippen molar-refractivity contribution in [1.29, 1.82) is 0 Å². The van der Waals surface area contributed by atoms with E-state index in [9.17, 15) is 24.6 Å². The Labute approximate surface area is 287 Å². The molecule has 7 aliphatic rings. The quantitative estimate of drug-likeness (QED) is 0.292. The summed E-state index contributed by atoms with van der Waals surface area (Å²) in [6.07, 6.45) is 0.813. The number of piperidine rings is 1. The minimum absolute atomic E-state index is 0.0358. The highest BCUT2D eigenvalue weighted by Crippen LogP contribution is 2.80. The Morgan fingerprint density at radius 3 is 2.43 bits per heavy atom. The number of nitrogens with zero attached hydrogens (tertiary/aromatic N) is 2. The molecule has 49 heavy (non-hydrogen) atoms. The van der Waals surface area contributed by atoms with Crippen molar-refractivity contribution >= 4 is 23.5 Å². The second-order valence-electron chi connectivity index (χ2n) is 16.0. The van der Waals surface area contributed by atoms with E-state index in [1.54, 1.807) is 59.6 Å². The maximum absolute atomic E-state index is 14.1. The summed E-state index contributed by atoms with van der Waals surface area (Å²) in [5.74, 6) is -2.47. The van der Waals surface area contributed by atoms with Gasteiger partial charge in [0, 0.05) is 82.3 Å². The number of carbonyl (C=O) groups is 3. The van der Waals surface area contributed by atoms with Crippen molar-refractivity contribution in [1.82, 2.24) is 4.90 Å². The van der Waals surface area contributed by atoms with Gasteiger partial charge in [-0.1, -0.05) is 26.0 Å². The molecule has 2 N–H and O–H groups in total. The van der Waals surface area contributed by atoms with Crippen molar-refractivity contribution < 1.29 is 48.3 Å². The lowest BCUT2D eigenvalue weighted by Crippen LogP contribution is -2.82. The SMILES string of the molecule is CCN1C[C@]2(COC(=O)c3ccccc3N3C(=O)C[C@H](C)C3=O)CC[C@H](OC)[C@@]34[C@@H]5C[C@H]6[C@H](OC)[C@@H]5[C@](O)(C[C@@H]6OC)[C@@](O)([C@H](OC)[C@H]23)[C@@H]14. The monoisotopic (exact) mass is 682 g/mol. The molecule has 2 heterocycles. The van der Waals surface area contributed by atoms with Gasteiger partial charge in [-0.3, -0.25) is 14.5 Å². The molecule has 12 heteroatoms. The Kier molecular flexibility index (Phi) is 7.75. The zero-order valence-corrected chi connectivity index (χ0v) is 29.3. The molecule has 1 spiro atoms. The maximum atomic E-state index is 14.1. The molecule has 2 saturated heterocycles. The van der Waals surface area contributed by atoms with E-state index in [4.69, 9.17) is 23.7 Å². The lowest BCUT2D eigenvalue weighted by molar-refractivity contribution is -0.320. The summed E-state index contributed by atoms with van der Waals surface area (Å²) in [5.41, 5.74) is -4.17. The van der Waals surface area contributed by atoms with Crippen LogP contribution in [-0.2, 0) is 33.3 Å². The number of amides is 2. The van der Waals surface area contributed by atoms with Crippen LogP contribution in [0.25, 0.3) is 0 Å². The Balaban J connectivity index is 1.23. The van der Waals surface area contributed by atoms with Gasteiger partial charge in [-0.25, -0.2) is 9.69 Å². The molecular weight excluding hydrogens is 632 g/mol. The number of esters is 1. The molecule has 12 nitrogen and oxygen atoms in total. The third-order valence-electron chi connectivity index (χ3n) is 14.5. The van der Waals surface area contributed by atoms with Crippen LogP contribution in [0.1, 0.15) is 56.3 Å². The number of imide groups is 1. The molecule has 14 atom stereocenters. The van der Waals surface area contributed by atoms with Crippen LogP contribution in [0, 0.1) is 40.4 Å². The molecule has 5 saturated carbocycles. The van der Waals surface area contributed by atoms with Gasteiger partial charge in [-0.15, -0.1) is 0 Å². The van der Waals surface area contributed by atoms with Crippen LogP contribution in [-0.4, -0.2) is 123 Å². The molecular formula is C37H50N2O10. The van der Waals surface area contributed by atoms with Gasteiger partial charge in [-0.2, -0.15) is 0 Å². The highest BCUT2D eigenvalue weighted by atomic mass is 16.5. The first-order chi connectivity index (χ1) is 23.4. The standard InChI is InChI=1S/C37H50N2O10/c1-7-38-17-34(18-49-32(42)20-10-8-9-11-23(20)39-26(40)14-19(2)31(39)41)13-12-25(46-4)36-22-15-21-24(45-3)16-35(43,27(22)28(21)47-5)37(44,33(36)38)30(48-6)29(34)36/h8-11,19,21-22,24-25,27-30,33,43-44H,7,12-18H2,1-6H3/t19-,21+,22+,24-,25-,27+,28-,29+,30+,33-,34-,35+,36-,37+/m0/s1. The number of anilines is 1. The molecule has 5 aliphatic carbocycles. The summed E-state index contributed by atoms with van der Waals surface area (Å²) in [6, 6.07) is 6.12. The third kappa shape index (κ3) is 3.86. The number of likely N-dealkylation sites (N-methyl/N-ethyl adjacent to an activating group) is 1. The number of rotatable bonds is 9. The smallest absolute Gasteiger partial charge is 0.340 e. The highest BCUT2D eigenvalue weighted by molar-refractivity contribution is 6.22. The summed E-state index contributed by atoms with van der Waals surface area (Å²) in [7, 11) is 6.70. The van der Waals surface area contributed by atoms with E-state index in [1.165, 1.54) is 0 Å². The molecule has 0 radical (unpaired) electrons. The van der Waals surface area contributed by atoms with Crippen LogP contribution in [0.4, 0.5) is 5.69 Å². The van der Waals surface area contributed by atoms with Crippen molar-refractivity contribution in [3.8, 4) is 0 Å². The Bertz CT molecular complexity index is 1560. The summed E-state index contributed by atoms with van der Waals surface area (Å²) in [5, 5.41) is 26.6. The topological polar surface area (TPSA) is 144 Å². The van der Waals surface area contributed by atoms with E-state index >= 15 is 0 Å². The minimum atomic E-state index is -1.70. The number of benzene rings is 1. The Morgan fingerprint density at radius 1 is 1.04 bits per heavy atom. The first-order valence-corrected chi connectivity index (χ1v) is 17.9. The van der Waals surface area contributed by atoms with E-state index < -0.39 is 46.1 Å². The number of para-hydroxylation sites is 1. The average molecular weight is 683 g/mol. The van der Waals surface area contributed by atoms with E-state index in [1.807, 2.05) is 0 Å². The predicted molar refractivity (Wildman–Crippen MR) is 174 cm³/mol. The molecule has 0 aromatic heterocycles. The largest absolute Gasteiger partial charge is 0.461 e. The van der Waals surface area contributed by atoms with Crippen LogP contribution in [0.15, 0.2) is 24.3 Å². The van der Waals surface area contributed by atoms with Crippen LogP contribution in [0.3, 0.4) is 0 Å². The first kappa shape index (κ1) is 33.7. The fourth-order valence-electron chi connectivity index (χ4n) is 13.2. The molecule has 8 rings (SSSR count). The van der Waals surface area contributed by atoms with Gasteiger partial charge in [0.1, 0.15) is 11.2 Å². The molecule has 7 fully saturated rings. The van der Waals surface area contributed by atoms with Gasteiger partial charge >= 0.3 is 5.97 Å². The van der Waals surface area contributed by atoms with Gasteiger partial charge in [0.15, 0.2) is 0 Å².